The summed E-state index contributed by atoms with van der Waals surface area (Å²) in [6.45, 7) is 2.64. The average molecular weight is 297 g/mol. The van der Waals surface area contributed by atoms with Gasteiger partial charge in [0, 0.05) is 5.56 Å². The third kappa shape index (κ3) is 3.62. The Hall–Kier alpha value is -1.97. The van der Waals surface area contributed by atoms with Crippen LogP contribution in [0.15, 0.2) is 48.5 Å². The molecule has 3 heteroatoms. The summed E-state index contributed by atoms with van der Waals surface area (Å²) in [6.07, 6.45) is 1.39. The molecule has 0 aliphatic heterocycles. The first-order chi connectivity index (χ1) is 10.7. The van der Waals surface area contributed by atoms with Gasteiger partial charge in [-0.2, -0.15) is 0 Å². The molecule has 3 N–H and O–H groups in total. The van der Waals surface area contributed by atoms with Gasteiger partial charge in [0.1, 0.15) is 6.10 Å². The highest BCUT2D eigenvalue weighted by molar-refractivity contribution is 6.01. The Labute approximate surface area is 131 Å². The quantitative estimate of drug-likeness (QED) is 0.772. The van der Waals surface area contributed by atoms with E-state index >= 15 is 0 Å². The highest BCUT2D eigenvalue weighted by Crippen LogP contribution is 2.24. The van der Waals surface area contributed by atoms with Crippen LogP contribution in [-0.4, -0.2) is 17.4 Å². The minimum absolute atomic E-state index is 0.242. The minimum Gasteiger partial charge on any atom is -0.380 e. The van der Waals surface area contributed by atoms with Gasteiger partial charge in [0.25, 0.3) is 0 Å². The summed E-state index contributed by atoms with van der Waals surface area (Å²) in [4.78, 5) is 12.7. The largest absolute Gasteiger partial charge is 0.380 e. The fourth-order valence-corrected chi connectivity index (χ4v) is 2.73. The molecule has 0 spiro atoms. The lowest BCUT2D eigenvalue weighted by Crippen LogP contribution is -2.16. The van der Waals surface area contributed by atoms with Crippen LogP contribution >= 0.6 is 0 Å². The van der Waals surface area contributed by atoms with Crippen LogP contribution in [0.5, 0.6) is 0 Å². The molecule has 2 aromatic carbocycles. The van der Waals surface area contributed by atoms with Crippen molar-refractivity contribution in [2.75, 3.05) is 6.54 Å². The molecule has 0 aromatic heterocycles. The molecule has 0 bridgehead atoms. The SMILES string of the molecule is CCCc1c(CCN)cccc1C(=O)C(O)c1ccccc1. The van der Waals surface area contributed by atoms with Crippen LogP contribution in [0.2, 0.25) is 0 Å². The second kappa shape index (κ2) is 7.87. The number of benzene rings is 2. The van der Waals surface area contributed by atoms with Crippen molar-refractivity contribution < 1.29 is 9.90 Å². The number of carbonyl (C=O) groups excluding carboxylic acids is 1. The van der Waals surface area contributed by atoms with Crippen molar-refractivity contribution in [1.82, 2.24) is 0 Å². The molecule has 116 valence electrons. The maximum atomic E-state index is 12.7. The molecule has 1 atom stereocenters. The third-order valence-corrected chi connectivity index (χ3v) is 3.82. The molecule has 0 aliphatic rings. The first kappa shape index (κ1) is 16.4. The first-order valence-corrected chi connectivity index (χ1v) is 7.77. The molecule has 0 saturated carbocycles. The van der Waals surface area contributed by atoms with E-state index in [1.165, 1.54) is 0 Å². The monoisotopic (exact) mass is 297 g/mol. The number of carbonyl (C=O) groups is 1. The van der Waals surface area contributed by atoms with E-state index in [2.05, 4.69) is 6.92 Å². The summed E-state index contributed by atoms with van der Waals surface area (Å²) >= 11 is 0. The second-order valence-corrected chi connectivity index (χ2v) is 5.41. The van der Waals surface area contributed by atoms with E-state index in [0.29, 0.717) is 17.7 Å². The molecular weight excluding hydrogens is 274 g/mol. The Morgan fingerprint density at radius 2 is 1.82 bits per heavy atom. The number of aliphatic hydroxyl groups is 1. The molecule has 22 heavy (non-hydrogen) atoms. The molecule has 0 saturated heterocycles. The zero-order valence-corrected chi connectivity index (χ0v) is 13.0. The van der Waals surface area contributed by atoms with Crippen molar-refractivity contribution in [2.24, 2.45) is 5.73 Å². The lowest BCUT2D eigenvalue weighted by Gasteiger charge is -2.16. The van der Waals surface area contributed by atoms with Gasteiger partial charge in [-0.3, -0.25) is 4.79 Å². The highest BCUT2D eigenvalue weighted by atomic mass is 16.3. The lowest BCUT2D eigenvalue weighted by molar-refractivity contribution is 0.0746. The van der Waals surface area contributed by atoms with Crippen LogP contribution < -0.4 is 5.73 Å². The number of hydrogen-bond donors (Lipinski definition) is 2. The van der Waals surface area contributed by atoms with Gasteiger partial charge in [-0.1, -0.05) is 61.9 Å². The summed E-state index contributed by atoms with van der Waals surface area (Å²) in [6, 6.07) is 14.7. The molecule has 0 heterocycles. The summed E-state index contributed by atoms with van der Waals surface area (Å²) in [5.74, 6) is -0.242. The maximum Gasteiger partial charge on any atom is 0.196 e. The van der Waals surface area contributed by atoms with E-state index in [1.54, 1.807) is 18.2 Å². The van der Waals surface area contributed by atoms with Gasteiger partial charge >= 0.3 is 0 Å². The van der Waals surface area contributed by atoms with Crippen molar-refractivity contribution in [3.63, 3.8) is 0 Å². The van der Waals surface area contributed by atoms with Crippen LogP contribution in [0.3, 0.4) is 0 Å². The number of hydrogen-bond acceptors (Lipinski definition) is 3. The van der Waals surface area contributed by atoms with Gasteiger partial charge in [0.05, 0.1) is 0 Å². The zero-order chi connectivity index (χ0) is 15.9. The fraction of sp³-hybridized carbons (Fsp3) is 0.316. The van der Waals surface area contributed by atoms with Gasteiger partial charge in [-0.05, 0) is 36.1 Å². The minimum atomic E-state index is -1.12. The van der Waals surface area contributed by atoms with Crippen molar-refractivity contribution in [2.45, 2.75) is 32.3 Å². The summed E-state index contributed by atoms with van der Waals surface area (Å²) in [5.41, 5.74) is 9.04. The van der Waals surface area contributed by atoms with Crippen LogP contribution in [-0.2, 0) is 12.8 Å². The number of aliphatic hydroxyl groups excluding tert-OH is 1. The van der Waals surface area contributed by atoms with Gasteiger partial charge in [0.15, 0.2) is 5.78 Å². The molecule has 1 unspecified atom stereocenters. The standard InChI is InChI=1S/C19H23NO2/c1-2-7-16-14(12-13-20)10-6-11-17(16)19(22)18(21)15-8-4-3-5-9-15/h3-6,8-11,18,21H,2,7,12-13,20H2,1H3. The number of ketones is 1. The second-order valence-electron chi connectivity index (χ2n) is 5.41. The molecule has 0 radical (unpaired) electrons. The van der Waals surface area contributed by atoms with E-state index in [1.807, 2.05) is 30.3 Å². The number of Topliss-reactive ketones (excluding diaryl/α,β-unsaturated/α-hetero) is 1. The van der Waals surface area contributed by atoms with Gasteiger partial charge in [-0.15, -0.1) is 0 Å². The smallest absolute Gasteiger partial charge is 0.196 e. The highest BCUT2D eigenvalue weighted by Gasteiger charge is 2.22. The van der Waals surface area contributed by atoms with Crippen molar-refractivity contribution in [3.8, 4) is 0 Å². The van der Waals surface area contributed by atoms with Crippen LogP contribution in [0.4, 0.5) is 0 Å². The molecular formula is C19H23NO2. The molecule has 3 nitrogen and oxygen atoms in total. The van der Waals surface area contributed by atoms with Crippen molar-refractivity contribution >= 4 is 5.78 Å². The van der Waals surface area contributed by atoms with Crippen molar-refractivity contribution in [1.29, 1.82) is 0 Å². The summed E-state index contributed by atoms with van der Waals surface area (Å²) < 4.78 is 0. The van der Waals surface area contributed by atoms with Crippen LogP contribution in [0.1, 0.15) is 46.5 Å². The van der Waals surface area contributed by atoms with Crippen LogP contribution in [0, 0.1) is 0 Å². The molecule has 0 aliphatic carbocycles. The Bertz CT molecular complexity index is 623. The average Bonchev–Trinajstić information content (AvgIpc) is 2.56. The first-order valence-electron chi connectivity index (χ1n) is 7.77. The van der Waals surface area contributed by atoms with E-state index in [9.17, 15) is 9.90 Å². The number of nitrogens with two attached hydrogens (primary N) is 1. The van der Waals surface area contributed by atoms with E-state index in [4.69, 9.17) is 5.73 Å². The number of rotatable bonds is 7. The Kier molecular flexibility index (Phi) is 5.87. The Morgan fingerprint density at radius 1 is 1.09 bits per heavy atom. The Balaban J connectivity index is 2.38. The van der Waals surface area contributed by atoms with Crippen molar-refractivity contribution in [3.05, 3.63) is 70.8 Å². The topological polar surface area (TPSA) is 63.3 Å². The predicted molar refractivity (Wildman–Crippen MR) is 88.9 cm³/mol. The predicted octanol–water partition coefficient (Wildman–Crippen LogP) is 3.06. The molecule has 2 aromatic rings. The summed E-state index contributed by atoms with van der Waals surface area (Å²) in [5, 5.41) is 10.4. The van der Waals surface area contributed by atoms with Gasteiger partial charge in [0.2, 0.25) is 0 Å². The molecule has 2 rings (SSSR count). The van der Waals surface area contributed by atoms with Gasteiger partial charge in [-0.25, -0.2) is 0 Å². The van der Waals surface area contributed by atoms with E-state index in [-0.39, 0.29) is 5.78 Å². The van der Waals surface area contributed by atoms with Gasteiger partial charge < -0.3 is 10.8 Å². The maximum absolute atomic E-state index is 12.7. The molecule has 0 fully saturated rings. The fourth-order valence-electron chi connectivity index (χ4n) is 2.73. The molecule has 0 amide bonds. The van der Waals surface area contributed by atoms with E-state index in [0.717, 1.165) is 30.4 Å². The van der Waals surface area contributed by atoms with E-state index < -0.39 is 6.10 Å². The van der Waals surface area contributed by atoms with Crippen LogP contribution in [0.25, 0.3) is 0 Å². The zero-order valence-electron chi connectivity index (χ0n) is 13.0. The summed E-state index contributed by atoms with van der Waals surface area (Å²) in [7, 11) is 0. The normalized spacial score (nSPS) is 12.1. The lowest BCUT2D eigenvalue weighted by atomic mass is 9.90. The third-order valence-electron chi connectivity index (χ3n) is 3.82. The Morgan fingerprint density at radius 3 is 2.45 bits per heavy atom.